The summed E-state index contributed by atoms with van der Waals surface area (Å²) in [5.41, 5.74) is 6.75. The van der Waals surface area contributed by atoms with Crippen LogP contribution in [0.4, 0.5) is 8.78 Å². The van der Waals surface area contributed by atoms with Crippen molar-refractivity contribution >= 4 is 0 Å². The van der Waals surface area contributed by atoms with Crippen LogP contribution in [-0.4, -0.2) is 0 Å². The van der Waals surface area contributed by atoms with E-state index in [9.17, 15) is 8.78 Å². The zero-order valence-corrected chi connectivity index (χ0v) is 8.06. The zero-order valence-electron chi connectivity index (χ0n) is 8.06. The van der Waals surface area contributed by atoms with Crippen LogP contribution in [0.5, 0.6) is 0 Å². The number of halogens is 2. The molecule has 1 atom stereocenters. The molecule has 0 aliphatic carbocycles. The Kier molecular flexibility index (Phi) is 3.36. The lowest BCUT2D eigenvalue weighted by Gasteiger charge is -2.12. The van der Waals surface area contributed by atoms with Crippen molar-refractivity contribution in [1.29, 1.82) is 0 Å². The van der Waals surface area contributed by atoms with Gasteiger partial charge < -0.3 is 5.73 Å². The Bertz CT molecular complexity index is 347. The molecule has 0 unspecified atom stereocenters. The van der Waals surface area contributed by atoms with E-state index in [1.807, 2.05) is 0 Å². The van der Waals surface area contributed by atoms with Gasteiger partial charge in [0.25, 0.3) is 0 Å². The molecule has 0 saturated heterocycles. The second kappa shape index (κ2) is 4.33. The summed E-state index contributed by atoms with van der Waals surface area (Å²) in [5, 5.41) is 0. The van der Waals surface area contributed by atoms with Gasteiger partial charge in [-0.25, -0.2) is 8.78 Å². The van der Waals surface area contributed by atoms with E-state index in [1.54, 1.807) is 6.92 Å². The molecular formula is C11H13F2N. The highest BCUT2D eigenvalue weighted by Gasteiger charge is 2.14. The molecule has 1 rings (SSSR count). The monoisotopic (exact) mass is 197 g/mol. The predicted molar refractivity (Wildman–Crippen MR) is 52.7 cm³/mol. The third kappa shape index (κ3) is 2.39. The van der Waals surface area contributed by atoms with E-state index >= 15 is 0 Å². The van der Waals surface area contributed by atoms with Gasteiger partial charge in [0, 0.05) is 11.6 Å². The zero-order chi connectivity index (χ0) is 10.7. The third-order valence-corrected chi connectivity index (χ3v) is 1.95. The lowest BCUT2D eigenvalue weighted by molar-refractivity contribution is 0.488. The standard InChI is InChI=1S/C11H13F2N/c1-7(2)6-10(14)8-4-3-5-9(12)11(8)13/h3-5,10H,1,6,14H2,2H3/t10-/m0/s1. The van der Waals surface area contributed by atoms with Gasteiger partial charge in [-0.05, 0) is 19.4 Å². The molecular weight excluding hydrogens is 184 g/mol. The highest BCUT2D eigenvalue weighted by atomic mass is 19.2. The molecule has 76 valence electrons. The van der Waals surface area contributed by atoms with Crippen LogP contribution in [0.3, 0.4) is 0 Å². The maximum absolute atomic E-state index is 13.2. The maximum Gasteiger partial charge on any atom is 0.163 e. The summed E-state index contributed by atoms with van der Waals surface area (Å²) in [4.78, 5) is 0. The van der Waals surface area contributed by atoms with Crippen molar-refractivity contribution in [1.82, 2.24) is 0 Å². The Labute approximate surface area is 82.2 Å². The van der Waals surface area contributed by atoms with Gasteiger partial charge in [0.15, 0.2) is 11.6 Å². The van der Waals surface area contributed by atoms with E-state index in [2.05, 4.69) is 6.58 Å². The van der Waals surface area contributed by atoms with Crippen LogP contribution < -0.4 is 5.73 Å². The Balaban J connectivity index is 2.95. The van der Waals surface area contributed by atoms with E-state index < -0.39 is 17.7 Å². The van der Waals surface area contributed by atoms with Crippen molar-refractivity contribution in [3.05, 3.63) is 47.5 Å². The van der Waals surface area contributed by atoms with E-state index in [1.165, 1.54) is 12.1 Å². The number of rotatable bonds is 3. The van der Waals surface area contributed by atoms with Gasteiger partial charge in [0.2, 0.25) is 0 Å². The first kappa shape index (κ1) is 10.9. The second-order valence-electron chi connectivity index (χ2n) is 3.41. The summed E-state index contributed by atoms with van der Waals surface area (Å²) >= 11 is 0. The molecule has 0 bridgehead atoms. The van der Waals surface area contributed by atoms with Crippen LogP contribution in [0.2, 0.25) is 0 Å². The minimum atomic E-state index is -0.861. The quantitative estimate of drug-likeness (QED) is 0.741. The van der Waals surface area contributed by atoms with Crippen molar-refractivity contribution in [3.8, 4) is 0 Å². The van der Waals surface area contributed by atoms with E-state index in [0.717, 1.165) is 11.6 Å². The van der Waals surface area contributed by atoms with Crippen molar-refractivity contribution < 1.29 is 8.78 Å². The largest absolute Gasteiger partial charge is 0.324 e. The normalized spacial score (nSPS) is 12.6. The smallest absolute Gasteiger partial charge is 0.163 e. The SMILES string of the molecule is C=C(C)C[C@H](N)c1cccc(F)c1F. The Morgan fingerprint density at radius 3 is 2.71 bits per heavy atom. The van der Waals surface area contributed by atoms with Gasteiger partial charge in [0.05, 0.1) is 0 Å². The molecule has 14 heavy (non-hydrogen) atoms. The summed E-state index contributed by atoms with van der Waals surface area (Å²) in [6.07, 6.45) is 0.459. The first-order valence-electron chi connectivity index (χ1n) is 4.36. The minimum absolute atomic E-state index is 0.202. The molecule has 1 aromatic rings. The highest BCUT2D eigenvalue weighted by Crippen LogP contribution is 2.21. The lowest BCUT2D eigenvalue weighted by atomic mass is 10.0. The van der Waals surface area contributed by atoms with E-state index in [4.69, 9.17) is 5.73 Å². The van der Waals surface area contributed by atoms with Crippen molar-refractivity contribution in [3.63, 3.8) is 0 Å². The van der Waals surface area contributed by atoms with E-state index in [0.29, 0.717) is 6.42 Å². The fourth-order valence-electron chi connectivity index (χ4n) is 1.29. The molecule has 2 N–H and O–H groups in total. The first-order valence-corrected chi connectivity index (χ1v) is 4.36. The lowest BCUT2D eigenvalue weighted by Crippen LogP contribution is -2.13. The molecule has 0 heterocycles. The fourth-order valence-corrected chi connectivity index (χ4v) is 1.29. The van der Waals surface area contributed by atoms with Crippen LogP contribution >= 0.6 is 0 Å². The van der Waals surface area contributed by atoms with Crippen molar-refractivity contribution in [2.45, 2.75) is 19.4 Å². The van der Waals surface area contributed by atoms with E-state index in [-0.39, 0.29) is 5.56 Å². The molecule has 0 spiro atoms. The van der Waals surface area contributed by atoms with Gasteiger partial charge in [0.1, 0.15) is 0 Å². The molecule has 0 aliphatic heterocycles. The molecule has 0 aliphatic rings. The molecule has 3 heteroatoms. The molecule has 1 nitrogen and oxygen atoms in total. The van der Waals surface area contributed by atoms with Crippen LogP contribution in [0.15, 0.2) is 30.4 Å². The van der Waals surface area contributed by atoms with Crippen LogP contribution in [0.25, 0.3) is 0 Å². The van der Waals surface area contributed by atoms with Crippen LogP contribution in [0, 0.1) is 11.6 Å². The summed E-state index contributed by atoms with van der Waals surface area (Å²) in [6.45, 7) is 5.48. The Morgan fingerprint density at radius 1 is 1.50 bits per heavy atom. The van der Waals surface area contributed by atoms with Gasteiger partial charge in [-0.2, -0.15) is 0 Å². The molecule has 0 saturated carbocycles. The molecule has 0 fully saturated rings. The van der Waals surface area contributed by atoms with Gasteiger partial charge in [-0.15, -0.1) is 6.58 Å². The van der Waals surface area contributed by atoms with Gasteiger partial charge >= 0.3 is 0 Å². The third-order valence-electron chi connectivity index (χ3n) is 1.95. The summed E-state index contributed by atoms with van der Waals surface area (Å²) in [6, 6.07) is 3.49. The van der Waals surface area contributed by atoms with Gasteiger partial charge in [-0.3, -0.25) is 0 Å². The molecule has 0 amide bonds. The summed E-state index contributed by atoms with van der Waals surface area (Å²) in [5.74, 6) is -1.72. The van der Waals surface area contributed by atoms with Gasteiger partial charge in [-0.1, -0.05) is 17.7 Å². The first-order chi connectivity index (χ1) is 6.52. The average Bonchev–Trinajstić information content (AvgIpc) is 2.08. The fraction of sp³-hybridized carbons (Fsp3) is 0.273. The maximum atomic E-state index is 13.2. The Morgan fingerprint density at radius 2 is 2.14 bits per heavy atom. The summed E-state index contributed by atoms with van der Waals surface area (Å²) in [7, 11) is 0. The van der Waals surface area contributed by atoms with Crippen molar-refractivity contribution in [2.24, 2.45) is 5.73 Å². The topological polar surface area (TPSA) is 26.0 Å². The van der Waals surface area contributed by atoms with Crippen molar-refractivity contribution in [2.75, 3.05) is 0 Å². The van der Waals surface area contributed by atoms with Crippen LogP contribution in [-0.2, 0) is 0 Å². The number of benzene rings is 1. The summed E-state index contributed by atoms with van der Waals surface area (Å²) < 4.78 is 26.0. The minimum Gasteiger partial charge on any atom is -0.324 e. The molecule has 1 aromatic carbocycles. The average molecular weight is 197 g/mol. The molecule has 0 radical (unpaired) electrons. The Hall–Kier alpha value is -1.22. The number of nitrogens with two attached hydrogens (primary N) is 1. The number of hydrogen-bond acceptors (Lipinski definition) is 1. The van der Waals surface area contributed by atoms with Crippen LogP contribution in [0.1, 0.15) is 24.9 Å². The molecule has 0 aromatic heterocycles. The second-order valence-corrected chi connectivity index (χ2v) is 3.41. The predicted octanol–water partition coefficient (Wildman–Crippen LogP) is 2.93. The highest BCUT2D eigenvalue weighted by molar-refractivity contribution is 5.23. The number of hydrogen-bond donors (Lipinski definition) is 1.